The number of nitrogens with zero attached hydrogens (tertiary/aromatic N) is 2. The first-order valence-electron chi connectivity index (χ1n) is 10.0. The molecule has 5 rings (SSSR count). The summed E-state index contributed by atoms with van der Waals surface area (Å²) in [7, 11) is 3.97. The van der Waals surface area contributed by atoms with Crippen LogP contribution in [0.4, 0.5) is 5.69 Å². The second-order valence-electron chi connectivity index (χ2n) is 8.25. The van der Waals surface area contributed by atoms with Gasteiger partial charge < -0.3 is 15.2 Å². The second-order valence-corrected chi connectivity index (χ2v) is 8.25. The molecule has 30 heavy (non-hydrogen) atoms. The number of anilines is 1. The number of aromatic amines is 1. The molecule has 1 aromatic heterocycles. The van der Waals surface area contributed by atoms with E-state index in [1.807, 2.05) is 43.3 Å². The van der Waals surface area contributed by atoms with Crippen LogP contribution in [-0.4, -0.2) is 42.0 Å². The highest BCUT2D eigenvalue weighted by Gasteiger charge is 2.43. The Hall–Kier alpha value is -3.45. The van der Waals surface area contributed by atoms with Crippen LogP contribution in [-0.2, 0) is 11.3 Å². The summed E-state index contributed by atoms with van der Waals surface area (Å²) in [5.74, 6) is -0.0732. The van der Waals surface area contributed by atoms with E-state index < -0.39 is 0 Å². The number of H-pyrrole nitrogens is 1. The Balaban J connectivity index is 1.45. The van der Waals surface area contributed by atoms with Crippen LogP contribution in [0.25, 0.3) is 10.9 Å². The van der Waals surface area contributed by atoms with Crippen LogP contribution in [0.2, 0.25) is 0 Å². The highest BCUT2D eigenvalue weighted by Crippen LogP contribution is 2.48. The van der Waals surface area contributed by atoms with E-state index in [2.05, 4.69) is 33.0 Å². The molecular formula is C23H23N5O2. The van der Waals surface area contributed by atoms with E-state index in [9.17, 15) is 9.59 Å². The number of carbonyl (C=O) groups excluding carboxylic acids is 2. The zero-order valence-electron chi connectivity index (χ0n) is 16.9. The van der Waals surface area contributed by atoms with Gasteiger partial charge in [-0.3, -0.25) is 9.59 Å². The maximum absolute atomic E-state index is 12.8. The van der Waals surface area contributed by atoms with Crippen molar-refractivity contribution in [3.8, 4) is 0 Å². The molecular weight excluding hydrogens is 378 g/mol. The fraction of sp³-hybridized carbons (Fsp3) is 0.261. The molecule has 152 valence electrons. The molecule has 2 atom stereocenters. The Bertz CT molecular complexity index is 1180. The van der Waals surface area contributed by atoms with Crippen molar-refractivity contribution in [3.63, 3.8) is 0 Å². The van der Waals surface area contributed by atoms with Gasteiger partial charge in [-0.15, -0.1) is 0 Å². The molecule has 3 N–H and O–H groups in total. The Labute approximate surface area is 174 Å². The van der Waals surface area contributed by atoms with Gasteiger partial charge in [0.1, 0.15) is 0 Å². The summed E-state index contributed by atoms with van der Waals surface area (Å²) in [6, 6.07) is 13.7. The minimum absolute atomic E-state index is 0.0130. The van der Waals surface area contributed by atoms with Crippen LogP contribution in [0.1, 0.15) is 39.5 Å². The quantitative estimate of drug-likeness (QED) is 0.614. The molecule has 1 aliphatic carbocycles. The SMILES string of the molecule is CN(C)Cc1[nH]c2cc(NC(=O)[C@@H]3CC3c3ccccc3)cc3c2c1C=NNC3=O. The number of benzene rings is 2. The third-order valence-electron chi connectivity index (χ3n) is 5.72. The Morgan fingerprint density at radius 1 is 1.23 bits per heavy atom. The zero-order chi connectivity index (χ0) is 20.8. The highest BCUT2D eigenvalue weighted by molar-refractivity contribution is 6.16. The number of amides is 2. The Morgan fingerprint density at radius 3 is 2.80 bits per heavy atom. The van der Waals surface area contributed by atoms with E-state index in [0.29, 0.717) is 17.8 Å². The summed E-state index contributed by atoms with van der Waals surface area (Å²) >= 11 is 0. The van der Waals surface area contributed by atoms with Crippen molar-refractivity contribution < 1.29 is 9.59 Å². The van der Waals surface area contributed by atoms with Gasteiger partial charge in [-0.25, -0.2) is 5.43 Å². The highest BCUT2D eigenvalue weighted by atomic mass is 16.2. The maximum Gasteiger partial charge on any atom is 0.272 e. The zero-order valence-corrected chi connectivity index (χ0v) is 16.9. The van der Waals surface area contributed by atoms with Crippen molar-refractivity contribution in [3.05, 3.63) is 64.8 Å². The minimum Gasteiger partial charge on any atom is -0.357 e. The lowest BCUT2D eigenvalue weighted by Gasteiger charge is -2.08. The number of rotatable bonds is 5. The van der Waals surface area contributed by atoms with Gasteiger partial charge in [0, 0.05) is 40.3 Å². The van der Waals surface area contributed by atoms with Crippen LogP contribution in [0, 0.1) is 5.92 Å². The van der Waals surface area contributed by atoms with Gasteiger partial charge in [-0.05, 0) is 44.1 Å². The molecule has 0 saturated heterocycles. The number of aromatic nitrogens is 1. The van der Waals surface area contributed by atoms with Gasteiger partial charge >= 0.3 is 0 Å². The second kappa shape index (κ2) is 7.11. The molecule has 1 aliphatic heterocycles. The normalized spacial score (nSPS) is 19.6. The molecule has 2 heterocycles. The average Bonchev–Trinajstić information content (AvgIpc) is 3.47. The molecule has 1 saturated carbocycles. The summed E-state index contributed by atoms with van der Waals surface area (Å²) in [6.45, 7) is 0.687. The van der Waals surface area contributed by atoms with Crippen LogP contribution in [0.5, 0.6) is 0 Å². The first-order valence-corrected chi connectivity index (χ1v) is 10.0. The number of nitrogens with one attached hydrogen (secondary N) is 3. The topological polar surface area (TPSA) is 89.6 Å². The number of hydrazone groups is 1. The summed E-state index contributed by atoms with van der Waals surface area (Å²) in [6.07, 6.45) is 2.53. The largest absolute Gasteiger partial charge is 0.357 e. The van der Waals surface area contributed by atoms with E-state index in [-0.39, 0.29) is 23.7 Å². The van der Waals surface area contributed by atoms with Crippen LogP contribution < -0.4 is 10.7 Å². The van der Waals surface area contributed by atoms with Gasteiger partial charge in [0.05, 0.1) is 11.8 Å². The molecule has 2 aromatic carbocycles. The molecule has 1 fully saturated rings. The van der Waals surface area contributed by atoms with Gasteiger partial charge in [0.2, 0.25) is 5.91 Å². The fourth-order valence-electron chi connectivity index (χ4n) is 4.25. The fourth-order valence-corrected chi connectivity index (χ4v) is 4.25. The van der Waals surface area contributed by atoms with Crippen molar-refractivity contribution in [2.75, 3.05) is 19.4 Å². The molecule has 0 spiro atoms. The van der Waals surface area contributed by atoms with Crippen molar-refractivity contribution in [1.29, 1.82) is 0 Å². The van der Waals surface area contributed by atoms with E-state index in [4.69, 9.17) is 0 Å². The molecule has 7 nitrogen and oxygen atoms in total. The Morgan fingerprint density at radius 2 is 2.03 bits per heavy atom. The summed E-state index contributed by atoms with van der Waals surface area (Å²) in [5.41, 5.74) is 7.56. The minimum atomic E-state index is -0.282. The lowest BCUT2D eigenvalue weighted by atomic mass is 10.0. The van der Waals surface area contributed by atoms with Gasteiger partial charge in [0.15, 0.2) is 0 Å². The van der Waals surface area contributed by atoms with E-state index in [0.717, 1.165) is 28.6 Å². The molecule has 0 radical (unpaired) electrons. The standard InChI is InChI=1S/C23H23N5O2/c1-28(2)12-20-18-11-24-27-23(30)17-8-14(9-19(26-20)21(17)18)25-22(29)16-10-15(16)13-6-4-3-5-7-13/h3-9,11,15-16,26H,10,12H2,1-2H3,(H,25,29)(H,27,30)/t15?,16-/m1/s1. The lowest BCUT2D eigenvalue weighted by molar-refractivity contribution is -0.117. The van der Waals surface area contributed by atoms with Gasteiger partial charge in [-0.2, -0.15) is 5.10 Å². The lowest BCUT2D eigenvalue weighted by Crippen LogP contribution is -2.18. The van der Waals surface area contributed by atoms with Crippen molar-refractivity contribution in [2.45, 2.75) is 18.9 Å². The third kappa shape index (κ3) is 3.27. The van der Waals surface area contributed by atoms with Crippen LogP contribution in [0.15, 0.2) is 47.6 Å². The molecule has 2 amide bonds. The van der Waals surface area contributed by atoms with Gasteiger partial charge in [0.25, 0.3) is 5.91 Å². The smallest absolute Gasteiger partial charge is 0.272 e. The Kier molecular flexibility index (Phi) is 4.40. The van der Waals surface area contributed by atoms with E-state index in [1.165, 1.54) is 5.56 Å². The summed E-state index contributed by atoms with van der Waals surface area (Å²) in [4.78, 5) is 30.9. The number of hydrogen-bond donors (Lipinski definition) is 3. The van der Waals surface area contributed by atoms with E-state index >= 15 is 0 Å². The van der Waals surface area contributed by atoms with Crippen molar-refractivity contribution in [1.82, 2.24) is 15.3 Å². The van der Waals surface area contributed by atoms with Crippen molar-refractivity contribution >= 4 is 34.6 Å². The predicted octanol–water partition coefficient (Wildman–Crippen LogP) is 3.05. The maximum atomic E-state index is 12.8. The average molecular weight is 401 g/mol. The predicted molar refractivity (Wildman–Crippen MR) is 117 cm³/mol. The third-order valence-corrected chi connectivity index (χ3v) is 5.72. The summed E-state index contributed by atoms with van der Waals surface area (Å²) in [5, 5.41) is 7.90. The molecule has 0 bridgehead atoms. The first-order chi connectivity index (χ1) is 14.5. The molecule has 2 aliphatic rings. The first kappa shape index (κ1) is 18.6. The molecule has 1 unspecified atom stereocenters. The van der Waals surface area contributed by atoms with E-state index in [1.54, 1.807) is 12.3 Å². The molecule has 3 aromatic rings. The van der Waals surface area contributed by atoms with Crippen LogP contribution >= 0.6 is 0 Å². The van der Waals surface area contributed by atoms with Gasteiger partial charge in [-0.1, -0.05) is 30.3 Å². The summed E-state index contributed by atoms with van der Waals surface area (Å²) < 4.78 is 0. The van der Waals surface area contributed by atoms with Crippen molar-refractivity contribution in [2.24, 2.45) is 11.0 Å². The van der Waals surface area contributed by atoms with Crippen LogP contribution in [0.3, 0.4) is 0 Å². The molecule has 7 heteroatoms. The number of carbonyl (C=O) groups is 2. The number of hydrogen-bond acceptors (Lipinski definition) is 4. The monoisotopic (exact) mass is 401 g/mol.